The molecule has 1 fully saturated rings. The van der Waals surface area contributed by atoms with Crippen molar-refractivity contribution in [2.45, 2.75) is 19.4 Å². The zero-order valence-electron chi connectivity index (χ0n) is 14.2. The molecule has 1 aliphatic rings. The lowest BCUT2D eigenvalue weighted by Crippen LogP contribution is -2.38. The van der Waals surface area contributed by atoms with Crippen molar-refractivity contribution in [2.24, 2.45) is 0 Å². The molecule has 3 rings (SSSR count). The summed E-state index contributed by atoms with van der Waals surface area (Å²) in [5.74, 6) is -0.809. The first-order valence-electron chi connectivity index (χ1n) is 8.16. The van der Waals surface area contributed by atoms with Gasteiger partial charge in [0, 0.05) is 16.6 Å². The first-order valence-corrected chi connectivity index (χ1v) is 8.95. The maximum Gasteiger partial charge on any atom is 0.325 e. The predicted octanol–water partition coefficient (Wildman–Crippen LogP) is 2.86. The highest BCUT2D eigenvalue weighted by molar-refractivity contribution is 9.10. The molecule has 1 aliphatic heterocycles. The highest BCUT2D eigenvalue weighted by atomic mass is 79.9. The number of imide groups is 1. The Hall–Kier alpha value is -2.67. The summed E-state index contributed by atoms with van der Waals surface area (Å²) in [6.07, 6.45) is 0.398. The molecule has 4 amide bonds. The second-order valence-corrected chi connectivity index (χ2v) is 6.98. The Morgan fingerprint density at radius 2 is 1.92 bits per heavy atom. The van der Waals surface area contributed by atoms with Crippen LogP contribution in [0.4, 0.5) is 10.5 Å². The third-order valence-electron chi connectivity index (χ3n) is 4.13. The number of nitrogens with zero attached hydrogens (tertiary/aromatic N) is 1. The van der Waals surface area contributed by atoms with Gasteiger partial charge in [-0.25, -0.2) is 4.79 Å². The Kier molecular flexibility index (Phi) is 5.37. The Morgan fingerprint density at radius 1 is 1.19 bits per heavy atom. The molecule has 0 bridgehead atoms. The largest absolute Gasteiger partial charge is 0.325 e. The minimum atomic E-state index is -0.646. The third-order valence-corrected chi connectivity index (χ3v) is 5.02. The minimum absolute atomic E-state index is 0.314. The van der Waals surface area contributed by atoms with Crippen LogP contribution in [0.1, 0.15) is 11.1 Å². The summed E-state index contributed by atoms with van der Waals surface area (Å²) in [7, 11) is 0. The van der Waals surface area contributed by atoms with Gasteiger partial charge in [-0.3, -0.25) is 14.5 Å². The normalized spacial score (nSPS) is 16.5. The average molecular weight is 416 g/mol. The molecule has 26 heavy (non-hydrogen) atoms. The van der Waals surface area contributed by atoms with E-state index in [-0.39, 0.29) is 12.5 Å². The SMILES string of the molecule is Cc1cc(NC(=O)CN2C(=O)NC(Cc3ccccc3)C2=O)ccc1Br. The van der Waals surface area contributed by atoms with E-state index in [1.54, 1.807) is 6.07 Å². The molecule has 1 atom stereocenters. The summed E-state index contributed by atoms with van der Waals surface area (Å²) < 4.78 is 0.938. The van der Waals surface area contributed by atoms with Crippen LogP contribution in [-0.4, -0.2) is 35.3 Å². The molecule has 2 aromatic carbocycles. The fraction of sp³-hybridized carbons (Fsp3) is 0.211. The van der Waals surface area contributed by atoms with Crippen LogP contribution in [-0.2, 0) is 16.0 Å². The van der Waals surface area contributed by atoms with Crippen molar-refractivity contribution >= 4 is 39.5 Å². The third kappa shape index (κ3) is 4.11. The van der Waals surface area contributed by atoms with Gasteiger partial charge in [-0.15, -0.1) is 0 Å². The van der Waals surface area contributed by atoms with Crippen molar-refractivity contribution in [2.75, 3.05) is 11.9 Å². The van der Waals surface area contributed by atoms with Gasteiger partial charge in [0.05, 0.1) is 0 Å². The number of aryl methyl sites for hydroxylation is 1. The summed E-state index contributed by atoms with van der Waals surface area (Å²) >= 11 is 3.40. The number of halogens is 1. The van der Waals surface area contributed by atoms with Crippen molar-refractivity contribution < 1.29 is 14.4 Å². The molecule has 1 saturated heterocycles. The van der Waals surface area contributed by atoms with E-state index in [0.717, 1.165) is 20.5 Å². The van der Waals surface area contributed by atoms with Crippen LogP contribution in [0, 0.1) is 6.92 Å². The number of hydrogen-bond acceptors (Lipinski definition) is 3. The van der Waals surface area contributed by atoms with Crippen LogP contribution in [0.3, 0.4) is 0 Å². The summed E-state index contributed by atoms with van der Waals surface area (Å²) in [4.78, 5) is 37.7. The molecule has 0 saturated carbocycles. The van der Waals surface area contributed by atoms with Gasteiger partial charge in [0.25, 0.3) is 5.91 Å². The first-order chi connectivity index (χ1) is 12.4. The fourth-order valence-electron chi connectivity index (χ4n) is 2.78. The van der Waals surface area contributed by atoms with Crippen LogP contribution < -0.4 is 10.6 Å². The standard InChI is InChI=1S/C19H18BrN3O3/c1-12-9-14(7-8-15(12)20)21-17(24)11-23-18(25)16(22-19(23)26)10-13-5-3-2-4-6-13/h2-9,16H,10-11H2,1H3,(H,21,24)(H,22,26). The van der Waals surface area contributed by atoms with Crippen molar-refractivity contribution in [3.63, 3.8) is 0 Å². The monoisotopic (exact) mass is 415 g/mol. The highest BCUT2D eigenvalue weighted by Crippen LogP contribution is 2.20. The zero-order chi connectivity index (χ0) is 18.7. The van der Waals surface area contributed by atoms with E-state index in [1.165, 1.54) is 0 Å². The summed E-state index contributed by atoms with van der Waals surface area (Å²) in [5.41, 5.74) is 2.53. The fourth-order valence-corrected chi connectivity index (χ4v) is 3.03. The van der Waals surface area contributed by atoms with E-state index in [9.17, 15) is 14.4 Å². The summed E-state index contributed by atoms with van der Waals surface area (Å²) in [6, 6.07) is 13.6. The predicted molar refractivity (Wildman–Crippen MR) is 102 cm³/mol. The van der Waals surface area contributed by atoms with Gasteiger partial charge in [-0.05, 0) is 36.2 Å². The molecular formula is C19H18BrN3O3. The van der Waals surface area contributed by atoms with Gasteiger partial charge in [0.2, 0.25) is 5.91 Å². The lowest BCUT2D eigenvalue weighted by molar-refractivity contribution is -0.130. The van der Waals surface area contributed by atoms with Gasteiger partial charge in [-0.1, -0.05) is 46.3 Å². The van der Waals surface area contributed by atoms with Crippen LogP contribution >= 0.6 is 15.9 Å². The zero-order valence-corrected chi connectivity index (χ0v) is 15.7. The van der Waals surface area contributed by atoms with Crippen LogP contribution in [0.25, 0.3) is 0 Å². The van der Waals surface area contributed by atoms with Gasteiger partial charge in [-0.2, -0.15) is 0 Å². The van der Waals surface area contributed by atoms with Gasteiger partial charge in [0.15, 0.2) is 0 Å². The molecule has 0 radical (unpaired) electrons. The molecule has 0 aromatic heterocycles. The van der Waals surface area contributed by atoms with E-state index in [0.29, 0.717) is 12.1 Å². The second-order valence-electron chi connectivity index (χ2n) is 6.13. The molecule has 1 unspecified atom stereocenters. The molecular weight excluding hydrogens is 398 g/mol. The number of carbonyl (C=O) groups is 3. The second kappa shape index (κ2) is 7.70. The highest BCUT2D eigenvalue weighted by Gasteiger charge is 2.38. The van der Waals surface area contributed by atoms with E-state index in [4.69, 9.17) is 0 Å². The minimum Gasteiger partial charge on any atom is -0.325 e. The molecule has 0 spiro atoms. The van der Waals surface area contributed by atoms with Gasteiger partial charge >= 0.3 is 6.03 Å². The maximum atomic E-state index is 12.5. The van der Waals surface area contributed by atoms with Crippen molar-refractivity contribution in [3.05, 3.63) is 64.1 Å². The van der Waals surface area contributed by atoms with Crippen molar-refractivity contribution in [1.29, 1.82) is 0 Å². The Balaban J connectivity index is 1.61. The number of anilines is 1. The molecule has 2 aromatic rings. The van der Waals surface area contributed by atoms with Crippen LogP contribution in [0.2, 0.25) is 0 Å². The average Bonchev–Trinajstić information content (AvgIpc) is 2.86. The summed E-state index contributed by atoms with van der Waals surface area (Å²) in [5, 5.41) is 5.35. The Morgan fingerprint density at radius 3 is 2.62 bits per heavy atom. The number of carbonyl (C=O) groups excluding carboxylic acids is 3. The number of benzene rings is 2. The number of urea groups is 1. The van der Waals surface area contributed by atoms with Gasteiger partial charge < -0.3 is 10.6 Å². The topological polar surface area (TPSA) is 78.5 Å². The van der Waals surface area contributed by atoms with Crippen LogP contribution in [0.5, 0.6) is 0 Å². The molecule has 0 aliphatic carbocycles. The molecule has 2 N–H and O–H groups in total. The quantitative estimate of drug-likeness (QED) is 0.736. The first kappa shape index (κ1) is 18.1. The van der Waals surface area contributed by atoms with E-state index >= 15 is 0 Å². The smallest absolute Gasteiger partial charge is 0.325 e. The number of rotatable bonds is 5. The molecule has 6 nitrogen and oxygen atoms in total. The van der Waals surface area contributed by atoms with E-state index in [2.05, 4.69) is 26.6 Å². The Bertz CT molecular complexity index is 854. The number of amides is 4. The van der Waals surface area contributed by atoms with Crippen LogP contribution in [0.15, 0.2) is 53.0 Å². The Labute approximate surface area is 159 Å². The van der Waals surface area contributed by atoms with E-state index < -0.39 is 18.0 Å². The van der Waals surface area contributed by atoms with Crippen molar-refractivity contribution in [3.8, 4) is 0 Å². The molecule has 7 heteroatoms. The van der Waals surface area contributed by atoms with E-state index in [1.807, 2.05) is 49.4 Å². The summed E-state index contributed by atoms with van der Waals surface area (Å²) in [6.45, 7) is 1.59. The molecule has 134 valence electrons. The lowest BCUT2D eigenvalue weighted by atomic mass is 10.1. The maximum absolute atomic E-state index is 12.5. The molecule has 1 heterocycles. The van der Waals surface area contributed by atoms with Gasteiger partial charge in [0.1, 0.15) is 12.6 Å². The number of nitrogens with one attached hydrogen (secondary N) is 2. The lowest BCUT2D eigenvalue weighted by Gasteiger charge is -2.13. The number of hydrogen-bond donors (Lipinski definition) is 2. The van der Waals surface area contributed by atoms with Crippen molar-refractivity contribution in [1.82, 2.24) is 10.2 Å².